The highest BCUT2D eigenvalue weighted by Crippen LogP contribution is 2.48. The first-order valence-corrected chi connectivity index (χ1v) is 5.87. The molecule has 0 aliphatic heterocycles. The van der Waals surface area contributed by atoms with Crippen LogP contribution in [0.25, 0.3) is 0 Å². The molecule has 72 valence electrons. The van der Waals surface area contributed by atoms with Crippen molar-refractivity contribution in [2.75, 3.05) is 6.61 Å². The lowest BCUT2D eigenvalue weighted by Crippen LogP contribution is -2.30. The third-order valence-corrected chi connectivity index (χ3v) is 2.88. The van der Waals surface area contributed by atoms with Gasteiger partial charge in [-0.1, -0.05) is 0 Å². The van der Waals surface area contributed by atoms with E-state index in [9.17, 15) is 9.36 Å². The number of aliphatic carboxylic acids is 1. The van der Waals surface area contributed by atoms with Gasteiger partial charge >= 0.3 is 12.8 Å². The minimum atomic E-state index is -3.46. The Morgan fingerprint density at radius 3 is 2.67 bits per heavy atom. The predicted molar refractivity (Wildman–Crippen MR) is 45.3 cm³/mol. The van der Waals surface area contributed by atoms with Crippen LogP contribution in [0.15, 0.2) is 0 Å². The van der Waals surface area contributed by atoms with Gasteiger partial charge in [-0.2, -0.15) is 0 Å². The second-order valence-electron chi connectivity index (χ2n) is 2.09. The third kappa shape index (κ3) is 4.72. The van der Waals surface area contributed by atoms with Crippen LogP contribution in [0.1, 0.15) is 13.8 Å². The van der Waals surface area contributed by atoms with Crippen LogP contribution in [0.5, 0.6) is 0 Å². The monoisotopic (exact) mass is 215 g/mol. The summed E-state index contributed by atoms with van der Waals surface area (Å²) in [5, 5.41) is 10.6. The van der Waals surface area contributed by atoms with E-state index in [0.29, 0.717) is 0 Å². The van der Waals surface area contributed by atoms with Crippen molar-refractivity contribution < 1.29 is 19.0 Å². The van der Waals surface area contributed by atoms with E-state index in [1.54, 1.807) is 6.92 Å². The van der Waals surface area contributed by atoms with Crippen LogP contribution in [-0.2, 0) is 13.9 Å². The van der Waals surface area contributed by atoms with E-state index in [0.717, 1.165) is 0 Å². The number of hydrogen-bond acceptors (Lipinski definition) is 3. The van der Waals surface area contributed by atoms with E-state index in [-0.39, 0.29) is 6.61 Å². The Kier molecular flexibility index (Phi) is 4.78. The molecule has 2 N–H and O–H groups in total. The van der Waals surface area contributed by atoms with Gasteiger partial charge in [-0.3, -0.25) is 9.36 Å². The van der Waals surface area contributed by atoms with Crippen LogP contribution in [0, 0.1) is 0 Å². The molecule has 1 unspecified atom stereocenters. The molecule has 12 heavy (non-hydrogen) atoms. The summed E-state index contributed by atoms with van der Waals surface area (Å²) < 4.78 is 15.7. The molecule has 5 nitrogen and oxygen atoms in total. The molecule has 2 atom stereocenters. The van der Waals surface area contributed by atoms with Gasteiger partial charge in [0.1, 0.15) is 6.04 Å². The fraction of sp³-hybridized carbons (Fsp3) is 0.800. The van der Waals surface area contributed by atoms with Gasteiger partial charge in [0.05, 0.1) is 6.61 Å². The fourth-order valence-corrected chi connectivity index (χ4v) is 2.20. The Morgan fingerprint density at radius 1 is 1.83 bits per heavy atom. The maximum absolute atomic E-state index is 11.1. The SMILES string of the molecule is CCOP(=O)(Cl)N[C@@H](C)C(=O)O. The summed E-state index contributed by atoms with van der Waals surface area (Å²) in [5.41, 5.74) is 0. The fourth-order valence-electron chi connectivity index (χ4n) is 0.490. The zero-order valence-electron chi connectivity index (χ0n) is 6.78. The molecule has 0 bridgehead atoms. The number of halogens is 1. The Hall–Kier alpha value is -0.0900. The highest BCUT2D eigenvalue weighted by molar-refractivity contribution is 7.83. The molecule has 0 saturated heterocycles. The van der Waals surface area contributed by atoms with E-state index in [4.69, 9.17) is 16.3 Å². The molecule has 0 aromatic rings. The molecule has 0 saturated carbocycles. The number of carbonyl (C=O) groups is 1. The van der Waals surface area contributed by atoms with Crippen molar-refractivity contribution in [3.05, 3.63) is 0 Å². The van der Waals surface area contributed by atoms with Crippen molar-refractivity contribution in [2.45, 2.75) is 19.9 Å². The van der Waals surface area contributed by atoms with E-state index in [1.165, 1.54) is 6.92 Å². The molecule has 0 aromatic carbocycles. The highest BCUT2D eigenvalue weighted by Gasteiger charge is 2.24. The standard InChI is InChI=1S/C5H11ClNO4P/c1-3-11-12(6,10)7-4(2)5(8)9/h4H,3H2,1-2H3,(H,7,10)(H,8,9)/t4-,12?/m0/s1. The summed E-state index contributed by atoms with van der Waals surface area (Å²) in [6.45, 7) is -0.351. The maximum Gasteiger partial charge on any atom is 0.361 e. The second kappa shape index (κ2) is 4.82. The maximum atomic E-state index is 11.1. The molecule has 0 rings (SSSR count). The summed E-state index contributed by atoms with van der Waals surface area (Å²) in [5.74, 6) is -1.13. The van der Waals surface area contributed by atoms with Crippen LogP contribution in [0.3, 0.4) is 0 Å². The summed E-state index contributed by atoms with van der Waals surface area (Å²) in [4.78, 5) is 10.3. The Morgan fingerprint density at radius 2 is 2.33 bits per heavy atom. The van der Waals surface area contributed by atoms with Crippen molar-refractivity contribution in [1.82, 2.24) is 5.09 Å². The number of carboxylic acids is 1. The molecule has 0 aromatic heterocycles. The Balaban J connectivity index is 4.05. The third-order valence-electron chi connectivity index (χ3n) is 1.01. The molecule has 0 spiro atoms. The average Bonchev–Trinajstić information content (AvgIpc) is 1.85. The van der Waals surface area contributed by atoms with Gasteiger partial charge in [0.2, 0.25) is 0 Å². The molecule has 0 aliphatic rings. The van der Waals surface area contributed by atoms with Crippen LogP contribution in [0.4, 0.5) is 0 Å². The Bertz CT molecular complexity index is 210. The van der Waals surface area contributed by atoms with Crippen LogP contribution in [-0.4, -0.2) is 23.7 Å². The smallest absolute Gasteiger partial charge is 0.361 e. The van der Waals surface area contributed by atoms with Gasteiger partial charge in [-0.05, 0) is 25.1 Å². The van der Waals surface area contributed by atoms with Gasteiger partial charge < -0.3 is 9.63 Å². The molecule has 0 fully saturated rings. The summed E-state index contributed by atoms with van der Waals surface area (Å²) >= 11 is 5.33. The summed E-state index contributed by atoms with van der Waals surface area (Å²) in [6, 6.07) is -0.986. The van der Waals surface area contributed by atoms with Crippen molar-refractivity contribution in [3.8, 4) is 0 Å². The average molecular weight is 216 g/mol. The highest BCUT2D eigenvalue weighted by atomic mass is 35.7. The molecule has 0 amide bonds. The number of carboxylic acid groups (broad SMARTS) is 1. The largest absolute Gasteiger partial charge is 0.480 e. The lowest BCUT2D eigenvalue weighted by molar-refractivity contribution is -0.138. The topological polar surface area (TPSA) is 75.6 Å². The first kappa shape index (κ1) is 11.9. The van der Waals surface area contributed by atoms with Crippen molar-refractivity contribution in [2.24, 2.45) is 0 Å². The zero-order valence-corrected chi connectivity index (χ0v) is 8.43. The molecule has 0 aliphatic carbocycles. The van der Waals surface area contributed by atoms with Crippen LogP contribution < -0.4 is 5.09 Å². The summed E-state index contributed by atoms with van der Waals surface area (Å²) in [7, 11) is 0. The van der Waals surface area contributed by atoms with Crippen molar-refractivity contribution in [1.29, 1.82) is 0 Å². The lowest BCUT2D eigenvalue weighted by Gasteiger charge is -2.14. The predicted octanol–water partition coefficient (Wildman–Crippen LogP) is 1.43. The van der Waals surface area contributed by atoms with Gasteiger partial charge in [-0.25, -0.2) is 5.09 Å². The van der Waals surface area contributed by atoms with E-state index < -0.39 is 18.9 Å². The number of rotatable bonds is 5. The van der Waals surface area contributed by atoms with Gasteiger partial charge in [0.25, 0.3) is 0 Å². The molecule has 0 heterocycles. The minimum Gasteiger partial charge on any atom is -0.480 e. The van der Waals surface area contributed by atoms with Crippen molar-refractivity contribution >= 4 is 24.1 Å². The molecular weight excluding hydrogens is 204 g/mol. The first-order chi connectivity index (χ1) is 5.39. The van der Waals surface area contributed by atoms with Gasteiger partial charge in [0, 0.05) is 0 Å². The van der Waals surface area contributed by atoms with Crippen LogP contribution >= 0.6 is 18.1 Å². The number of hydrogen-bond donors (Lipinski definition) is 2. The normalized spacial score (nSPS) is 18.2. The first-order valence-electron chi connectivity index (χ1n) is 3.34. The number of nitrogens with one attached hydrogen (secondary N) is 1. The zero-order chi connectivity index (χ0) is 9.78. The Labute approximate surface area is 75.3 Å². The van der Waals surface area contributed by atoms with E-state index in [1.807, 2.05) is 0 Å². The van der Waals surface area contributed by atoms with E-state index in [2.05, 4.69) is 9.61 Å². The molecule has 0 radical (unpaired) electrons. The quantitative estimate of drug-likeness (QED) is 0.679. The van der Waals surface area contributed by atoms with E-state index >= 15 is 0 Å². The van der Waals surface area contributed by atoms with Crippen LogP contribution in [0.2, 0.25) is 0 Å². The minimum absolute atomic E-state index is 0.167. The second-order valence-corrected chi connectivity index (χ2v) is 4.90. The molecular formula is C5H11ClNO4P. The summed E-state index contributed by atoms with van der Waals surface area (Å²) in [6.07, 6.45) is 0. The van der Waals surface area contributed by atoms with Gasteiger partial charge in [-0.15, -0.1) is 0 Å². The lowest BCUT2D eigenvalue weighted by atomic mass is 10.4. The van der Waals surface area contributed by atoms with Crippen molar-refractivity contribution in [3.63, 3.8) is 0 Å². The molecule has 7 heteroatoms. The van der Waals surface area contributed by atoms with Gasteiger partial charge in [0.15, 0.2) is 0 Å².